The van der Waals surface area contributed by atoms with Crippen molar-refractivity contribution in [2.75, 3.05) is 13.1 Å². The SMILES string of the molecule is CCCc1csc(CN2CCCC2CN)n1.Cl. The lowest BCUT2D eigenvalue weighted by molar-refractivity contribution is 0.250. The van der Waals surface area contributed by atoms with E-state index in [1.165, 1.54) is 36.5 Å². The Balaban J connectivity index is 0.00000144. The lowest BCUT2D eigenvalue weighted by atomic mass is 10.2. The van der Waals surface area contributed by atoms with Crippen LogP contribution in [0.5, 0.6) is 0 Å². The van der Waals surface area contributed by atoms with Crippen LogP contribution in [0, 0.1) is 0 Å². The molecule has 1 saturated heterocycles. The first-order valence-electron chi connectivity index (χ1n) is 6.21. The van der Waals surface area contributed by atoms with E-state index in [1.807, 2.05) is 0 Å². The molecule has 0 spiro atoms. The van der Waals surface area contributed by atoms with E-state index in [1.54, 1.807) is 11.3 Å². The highest BCUT2D eigenvalue weighted by atomic mass is 35.5. The van der Waals surface area contributed by atoms with Crippen molar-refractivity contribution in [2.45, 2.75) is 45.2 Å². The van der Waals surface area contributed by atoms with Crippen molar-refractivity contribution in [3.63, 3.8) is 0 Å². The number of aryl methyl sites for hydroxylation is 1. The molecule has 1 atom stereocenters. The minimum atomic E-state index is 0. The molecule has 0 saturated carbocycles. The molecule has 1 aliphatic heterocycles. The van der Waals surface area contributed by atoms with E-state index in [2.05, 4.69) is 22.2 Å². The van der Waals surface area contributed by atoms with E-state index in [9.17, 15) is 0 Å². The molecule has 0 bridgehead atoms. The zero-order valence-electron chi connectivity index (χ0n) is 10.4. The lowest BCUT2D eigenvalue weighted by Crippen LogP contribution is -2.34. The topological polar surface area (TPSA) is 42.1 Å². The fourth-order valence-electron chi connectivity index (χ4n) is 2.34. The van der Waals surface area contributed by atoms with Crippen molar-refractivity contribution in [3.8, 4) is 0 Å². The third kappa shape index (κ3) is 3.91. The van der Waals surface area contributed by atoms with Gasteiger partial charge in [-0.15, -0.1) is 23.7 Å². The summed E-state index contributed by atoms with van der Waals surface area (Å²) >= 11 is 1.80. The summed E-state index contributed by atoms with van der Waals surface area (Å²) in [5.74, 6) is 0. The number of aromatic nitrogens is 1. The number of nitrogens with two attached hydrogens (primary N) is 1. The minimum absolute atomic E-state index is 0. The van der Waals surface area contributed by atoms with Crippen LogP contribution in [0.15, 0.2) is 5.38 Å². The molecule has 17 heavy (non-hydrogen) atoms. The molecule has 98 valence electrons. The van der Waals surface area contributed by atoms with Gasteiger partial charge in [-0.05, 0) is 25.8 Å². The largest absolute Gasteiger partial charge is 0.329 e. The number of thiazole rings is 1. The number of nitrogens with zero attached hydrogens (tertiary/aromatic N) is 2. The monoisotopic (exact) mass is 275 g/mol. The second kappa shape index (κ2) is 7.31. The zero-order valence-corrected chi connectivity index (χ0v) is 12.0. The summed E-state index contributed by atoms with van der Waals surface area (Å²) in [7, 11) is 0. The maximum Gasteiger partial charge on any atom is 0.107 e. The summed E-state index contributed by atoms with van der Waals surface area (Å²) in [5.41, 5.74) is 7.03. The maximum absolute atomic E-state index is 5.77. The van der Waals surface area contributed by atoms with Crippen molar-refractivity contribution in [3.05, 3.63) is 16.1 Å². The maximum atomic E-state index is 5.77. The Kier molecular flexibility index (Phi) is 6.41. The quantitative estimate of drug-likeness (QED) is 0.898. The van der Waals surface area contributed by atoms with Crippen LogP contribution < -0.4 is 5.73 Å². The van der Waals surface area contributed by atoms with Crippen LogP contribution in [0.3, 0.4) is 0 Å². The molecule has 0 aromatic carbocycles. The van der Waals surface area contributed by atoms with Crippen LogP contribution in [0.2, 0.25) is 0 Å². The van der Waals surface area contributed by atoms with Gasteiger partial charge in [-0.2, -0.15) is 0 Å². The molecule has 2 rings (SSSR count). The molecule has 0 amide bonds. The Hall–Kier alpha value is -0.160. The summed E-state index contributed by atoms with van der Waals surface area (Å²) in [4.78, 5) is 7.15. The minimum Gasteiger partial charge on any atom is -0.329 e. The van der Waals surface area contributed by atoms with Gasteiger partial charge in [0.2, 0.25) is 0 Å². The molecule has 0 aliphatic carbocycles. The summed E-state index contributed by atoms with van der Waals surface area (Å²) < 4.78 is 0. The standard InChI is InChI=1S/C12H21N3S.ClH/c1-2-4-10-9-16-12(14-10)8-15-6-3-5-11(15)7-13;/h9,11H,2-8,13H2,1H3;1H. The van der Waals surface area contributed by atoms with Crippen LogP contribution in [0.1, 0.15) is 36.9 Å². The molecular formula is C12H22ClN3S. The van der Waals surface area contributed by atoms with Crippen molar-refractivity contribution >= 4 is 23.7 Å². The van der Waals surface area contributed by atoms with Gasteiger partial charge in [-0.3, -0.25) is 4.90 Å². The van der Waals surface area contributed by atoms with Crippen molar-refractivity contribution in [1.29, 1.82) is 0 Å². The number of hydrogen-bond donors (Lipinski definition) is 1. The smallest absolute Gasteiger partial charge is 0.107 e. The number of hydrogen-bond acceptors (Lipinski definition) is 4. The highest BCUT2D eigenvalue weighted by Crippen LogP contribution is 2.21. The van der Waals surface area contributed by atoms with Crippen molar-refractivity contribution in [2.24, 2.45) is 5.73 Å². The fraction of sp³-hybridized carbons (Fsp3) is 0.750. The average Bonchev–Trinajstić information content (AvgIpc) is 2.89. The first-order valence-corrected chi connectivity index (χ1v) is 7.08. The first-order chi connectivity index (χ1) is 7.83. The van der Waals surface area contributed by atoms with Crippen molar-refractivity contribution in [1.82, 2.24) is 9.88 Å². The van der Waals surface area contributed by atoms with Crippen LogP contribution in [0.25, 0.3) is 0 Å². The molecule has 1 aromatic rings. The fourth-order valence-corrected chi connectivity index (χ4v) is 3.19. The number of likely N-dealkylation sites (tertiary alicyclic amines) is 1. The molecule has 1 aliphatic rings. The Morgan fingerprint density at radius 2 is 2.41 bits per heavy atom. The molecule has 1 aromatic heterocycles. The van der Waals surface area contributed by atoms with Gasteiger partial charge < -0.3 is 5.73 Å². The summed E-state index contributed by atoms with van der Waals surface area (Å²) in [6.07, 6.45) is 4.83. The predicted molar refractivity (Wildman–Crippen MR) is 75.8 cm³/mol. The van der Waals surface area contributed by atoms with Gasteiger partial charge in [-0.1, -0.05) is 13.3 Å². The van der Waals surface area contributed by atoms with E-state index in [0.29, 0.717) is 6.04 Å². The molecule has 0 radical (unpaired) electrons. The molecule has 1 fully saturated rings. The van der Waals surface area contributed by atoms with E-state index < -0.39 is 0 Å². The Bertz CT molecular complexity index is 329. The van der Waals surface area contributed by atoms with E-state index in [0.717, 1.165) is 19.5 Å². The summed E-state index contributed by atoms with van der Waals surface area (Å²) in [6, 6.07) is 0.582. The second-order valence-electron chi connectivity index (χ2n) is 4.48. The first kappa shape index (κ1) is 14.9. The van der Waals surface area contributed by atoms with E-state index >= 15 is 0 Å². The van der Waals surface area contributed by atoms with Crippen LogP contribution in [0.4, 0.5) is 0 Å². The predicted octanol–water partition coefficient (Wildman–Crippen LogP) is 2.44. The average molecular weight is 276 g/mol. The van der Waals surface area contributed by atoms with Gasteiger partial charge in [-0.25, -0.2) is 4.98 Å². The Morgan fingerprint density at radius 3 is 3.12 bits per heavy atom. The van der Waals surface area contributed by atoms with Crippen LogP contribution in [-0.4, -0.2) is 29.0 Å². The molecule has 5 heteroatoms. The van der Waals surface area contributed by atoms with Gasteiger partial charge in [0.25, 0.3) is 0 Å². The Morgan fingerprint density at radius 1 is 1.59 bits per heavy atom. The normalized spacial score (nSPS) is 20.5. The molecular weight excluding hydrogens is 254 g/mol. The molecule has 2 heterocycles. The highest BCUT2D eigenvalue weighted by molar-refractivity contribution is 7.09. The summed E-state index contributed by atoms with van der Waals surface area (Å²) in [6.45, 7) is 5.16. The van der Waals surface area contributed by atoms with Gasteiger partial charge >= 0.3 is 0 Å². The second-order valence-corrected chi connectivity index (χ2v) is 5.43. The molecule has 3 nitrogen and oxygen atoms in total. The molecule has 1 unspecified atom stereocenters. The van der Waals surface area contributed by atoms with Crippen LogP contribution >= 0.6 is 23.7 Å². The van der Waals surface area contributed by atoms with E-state index in [4.69, 9.17) is 5.73 Å². The third-order valence-corrected chi connectivity index (χ3v) is 4.10. The lowest BCUT2D eigenvalue weighted by Gasteiger charge is -2.21. The van der Waals surface area contributed by atoms with Crippen molar-refractivity contribution < 1.29 is 0 Å². The molecule has 2 N–H and O–H groups in total. The highest BCUT2D eigenvalue weighted by Gasteiger charge is 2.23. The Labute approximate surface area is 114 Å². The third-order valence-electron chi connectivity index (χ3n) is 3.21. The van der Waals surface area contributed by atoms with Crippen LogP contribution in [-0.2, 0) is 13.0 Å². The van der Waals surface area contributed by atoms with E-state index in [-0.39, 0.29) is 12.4 Å². The van der Waals surface area contributed by atoms with Gasteiger partial charge in [0.1, 0.15) is 5.01 Å². The summed E-state index contributed by atoms with van der Waals surface area (Å²) in [5, 5.41) is 3.45. The number of halogens is 1. The van der Waals surface area contributed by atoms with Gasteiger partial charge in [0.15, 0.2) is 0 Å². The van der Waals surface area contributed by atoms with Gasteiger partial charge in [0.05, 0.1) is 12.2 Å². The zero-order chi connectivity index (χ0) is 11.4. The number of rotatable bonds is 5. The van der Waals surface area contributed by atoms with Gasteiger partial charge in [0, 0.05) is 18.0 Å².